The molecule has 2 aliphatic heterocycles. The number of carbonyl (C=O) groups is 2. The Morgan fingerprint density at radius 3 is 2.58 bits per heavy atom. The molecule has 1 amide bonds. The number of piperidine rings is 1. The van der Waals surface area contributed by atoms with Crippen molar-refractivity contribution in [3.8, 4) is 11.5 Å². The van der Waals surface area contributed by atoms with Crippen LogP contribution in [0.1, 0.15) is 18.4 Å². The van der Waals surface area contributed by atoms with Crippen molar-refractivity contribution in [3.63, 3.8) is 0 Å². The molecule has 1 aromatic rings. The van der Waals surface area contributed by atoms with Crippen LogP contribution in [-0.2, 0) is 14.3 Å². The lowest BCUT2D eigenvalue weighted by molar-refractivity contribution is -0.148. The van der Waals surface area contributed by atoms with Crippen LogP contribution in [0.4, 0.5) is 0 Å². The Hall–Kier alpha value is -2.50. The van der Waals surface area contributed by atoms with Crippen molar-refractivity contribution in [1.82, 2.24) is 4.90 Å². The number of hydrogen-bond donors (Lipinski definition) is 0. The Morgan fingerprint density at radius 2 is 1.88 bits per heavy atom. The monoisotopic (exact) mass is 331 g/mol. The zero-order valence-electron chi connectivity index (χ0n) is 13.7. The maximum atomic E-state index is 12.3. The minimum absolute atomic E-state index is 0.0480. The first-order valence-electron chi connectivity index (χ1n) is 8.12. The van der Waals surface area contributed by atoms with Gasteiger partial charge in [-0.25, -0.2) is 0 Å². The van der Waals surface area contributed by atoms with Crippen LogP contribution < -0.4 is 9.47 Å². The molecule has 0 bridgehead atoms. The van der Waals surface area contributed by atoms with Crippen LogP contribution >= 0.6 is 0 Å². The van der Waals surface area contributed by atoms with Gasteiger partial charge >= 0.3 is 5.97 Å². The van der Waals surface area contributed by atoms with Gasteiger partial charge in [0.2, 0.25) is 5.91 Å². The molecule has 0 unspecified atom stereocenters. The molecule has 1 fully saturated rings. The smallest absolute Gasteiger partial charge is 0.308 e. The second-order valence-electron chi connectivity index (χ2n) is 5.86. The number of hydrogen-bond acceptors (Lipinski definition) is 5. The van der Waals surface area contributed by atoms with Crippen LogP contribution in [0, 0.1) is 5.92 Å². The fourth-order valence-corrected chi connectivity index (χ4v) is 2.94. The van der Waals surface area contributed by atoms with Crippen molar-refractivity contribution < 1.29 is 23.8 Å². The summed E-state index contributed by atoms with van der Waals surface area (Å²) in [7, 11) is 1.40. The lowest BCUT2D eigenvalue weighted by atomic mass is 9.97. The molecule has 128 valence electrons. The Kier molecular flexibility index (Phi) is 5.03. The van der Waals surface area contributed by atoms with E-state index in [0.717, 1.165) is 11.3 Å². The van der Waals surface area contributed by atoms with Crippen LogP contribution in [0.5, 0.6) is 11.5 Å². The van der Waals surface area contributed by atoms with E-state index >= 15 is 0 Å². The van der Waals surface area contributed by atoms with Gasteiger partial charge in [-0.2, -0.15) is 0 Å². The number of nitrogens with zero attached hydrogens (tertiary/aromatic N) is 1. The lowest BCUT2D eigenvalue weighted by Gasteiger charge is -2.29. The molecular formula is C18H21NO5. The first kappa shape index (κ1) is 16.4. The van der Waals surface area contributed by atoms with Crippen LogP contribution in [-0.4, -0.2) is 50.2 Å². The normalized spacial score (nSPS) is 17.8. The van der Waals surface area contributed by atoms with Gasteiger partial charge < -0.3 is 19.1 Å². The summed E-state index contributed by atoms with van der Waals surface area (Å²) in [5, 5.41) is 0. The Bertz CT molecular complexity index is 647. The molecule has 6 heteroatoms. The van der Waals surface area contributed by atoms with E-state index in [1.165, 1.54) is 7.11 Å². The first-order valence-corrected chi connectivity index (χ1v) is 8.12. The minimum atomic E-state index is -0.186. The maximum absolute atomic E-state index is 12.3. The van der Waals surface area contributed by atoms with E-state index < -0.39 is 0 Å². The highest BCUT2D eigenvalue weighted by Crippen LogP contribution is 2.31. The zero-order chi connectivity index (χ0) is 16.9. The van der Waals surface area contributed by atoms with Gasteiger partial charge in [-0.3, -0.25) is 9.59 Å². The molecule has 1 aromatic carbocycles. The van der Waals surface area contributed by atoms with Crippen molar-refractivity contribution in [2.75, 3.05) is 33.4 Å². The minimum Gasteiger partial charge on any atom is -0.486 e. The summed E-state index contributed by atoms with van der Waals surface area (Å²) < 4.78 is 15.8. The molecule has 0 atom stereocenters. The Labute approximate surface area is 141 Å². The quantitative estimate of drug-likeness (QED) is 0.625. The number of likely N-dealkylation sites (tertiary alicyclic amines) is 1. The van der Waals surface area contributed by atoms with Crippen molar-refractivity contribution in [2.24, 2.45) is 5.92 Å². The highest BCUT2D eigenvalue weighted by atomic mass is 16.6. The SMILES string of the molecule is COC(=O)C1CCN(C(=O)/C=C\c2ccc3c(c2)OCCO3)CC1. The van der Waals surface area contributed by atoms with E-state index in [2.05, 4.69) is 0 Å². The van der Waals surface area contributed by atoms with Crippen molar-refractivity contribution >= 4 is 18.0 Å². The predicted octanol–water partition coefficient (Wildman–Crippen LogP) is 1.88. The summed E-state index contributed by atoms with van der Waals surface area (Å²) in [6.45, 7) is 2.24. The van der Waals surface area contributed by atoms with E-state index in [0.29, 0.717) is 44.9 Å². The summed E-state index contributed by atoms with van der Waals surface area (Å²) in [4.78, 5) is 25.5. The van der Waals surface area contributed by atoms with Gasteiger partial charge in [0.1, 0.15) is 13.2 Å². The third-order valence-corrected chi connectivity index (χ3v) is 4.33. The molecule has 1 saturated heterocycles. The van der Waals surface area contributed by atoms with Crippen LogP contribution in [0.2, 0.25) is 0 Å². The van der Waals surface area contributed by atoms with Crippen LogP contribution in [0.15, 0.2) is 24.3 Å². The lowest BCUT2D eigenvalue weighted by Crippen LogP contribution is -2.39. The Balaban J connectivity index is 1.57. The third kappa shape index (κ3) is 3.69. The molecule has 0 spiro atoms. The molecule has 6 nitrogen and oxygen atoms in total. The van der Waals surface area contributed by atoms with Crippen LogP contribution in [0.25, 0.3) is 6.08 Å². The fourth-order valence-electron chi connectivity index (χ4n) is 2.94. The molecule has 0 saturated carbocycles. The van der Waals surface area contributed by atoms with Crippen molar-refractivity contribution in [2.45, 2.75) is 12.8 Å². The van der Waals surface area contributed by atoms with E-state index in [9.17, 15) is 9.59 Å². The second-order valence-corrected chi connectivity index (χ2v) is 5.86. The molecular weight excluding hydrogens is 310 g/mol. The van der Waals surface area contributed by atoms with Crippen LogP contribution in [0.3, 0.4) is 0 Å². The average Bonchev–Trinajstić information content (AvgIpc) is 2.65. The molecule has 2 heterocycles. The number of amides is 1. The number of esters is 1. The maximum Gasteiger partial charge on any atom is 0.308 e. The molecule has 3 rings (SSSR count). The van der Waals surface area contributed by atoms with E-state index in [4.69, 9.17) is 14.2 Å². The summed E-state index contributed by atoms with van der Waals surface area (Å²) >= 11 is 0. The molecule has 24 heavy (non-hydrogen) atoms. The highest BCUT2D eigenvalue weighted by molar-refractivity contribution is 5.92. The van der Waals surface area contributed by atoms with E-state index in [1.807, 2.05) is 18.2 Å². The fraction of sp³-hybridized carbons (Fsp3) is 0.444. The number of fused-ring (bicyclic) bond motifs is 1. The van der Waals surface area contributed by atoms with Gasteiger partial charge in [0.05, 0.1) is 13.0 Å². The number of benzene rings is 1. The Morgan fingerprint density at radius 1 is 1.17 bits per heavy atom. The summed E-state index contributed by atoms with van der Waals surface area (Å²) in [5.41, 5.74) is 0.886. The van der Waals surface area contributed by atoms with Gasteiger partial charge in [0.25, 0.3) is 0 Å². The topological polar surface area (TPSA) is 65.1 Å². The van der Waals surface area contributed by atoms with Gasteiger partial charge in [0, 0.05) is 19.2 Å². The predicted molar refractivity (Wildman–Crippen MR) is 87.8 cm³/mol. The van der Waals surface area contributed by atoms with Crippen molar-refractivity contribution in [3.05, 3.63) is 29.8 Å². The number of rotatable bonds is 3. The van der Waals surface area contributed by atoms with Gasteiger partial charge in [-0.1, -0.05) is 6.07 Å². The molecule has 0 aromatic heterocycles. The number of methoxy groups -OCH3 is 1. The van der Waals surface area contributed by atoms with Crippen molar-refractivity contribution in [1.29, 1.82) is 0 Å². The first-order chi connectivity index (χ1) is 11.7. The molecule has 0 N–H and O–H groups in total. The van der Waals surface area contributed by atoms with Gasteiger partial charge in [-0.15, -0.1) is 0 Å². The van der Waals surface area contributed by atoms with Gasteiger partial charge in [-0.05, 0) is 36.6 Å². The summed E-state index contributed by atoms with van der Waals surface area (Å²) in [6, 6.07) is 5.60. The van der Waals surface area contributed by atoms with Gasteiger partial charge in [0.15, 0.2) is 11.5 Å². The zero-order valence-corrected chi connectivity index (χ0v) is 13.7. The summed E-state index contributed by atoms with van der Waals surface area (Å²) in [6.07, 6.45) is 4.63. The second kappa shape index (κ2) is 7.38. The highest BCUT2D eigenvalue weighted by Gasteiger charge is 2.26. The third-order valence-electron chi connectivity index (χ3n) is 4.33. The van der Waals surface area contributed by atoms with E-state index in [1.54, 1.807) is 17.1 Å². The summed E-state index contributed by atoms with van der Waals surface area (Å²) in [5.74, 6) is 1.10. The van der Waals surface area contributed by atoms with E-state index in [-0.39, 0.29) is 17.8 Å². The molecule has 0 radical (unpaired) electrons. The average molecular weight is 331 g/mol. The molecule has 0 aliphatic carbocycles. The number of ether oxygens (including phenoxy) is 3. The standard InChI is InChI=1S/C18H21NO5/c1-22-18(21)14-6-8-19(9-7-14)17(20)5-3-13-2-4-15-16(12-13)24-11-10-23-15/h2-5,12,14H,6-11H2,1H3/b5-3-. The molecule has 2 aliphatic rings. The number of carbonyl (C=O) groups excluding carboxylic acids is 2. The largest absolute Gasteiger partial charge is 0.486 e.